The van der Waals surface area contributed by atoms with Gasteiger partial charge in [-0.1, -0.05) is 12.1 Å². The highest BCUT2D eigenvalue weighted by Gasteiger charge is 2.13. The molecule has 0 bridgehead atoms. The Labute approximate surface area is 152 Å². The van der Waals surface area contributed by atoms with Crippen molar-refractivity contribution >= 4 is 22.4 Å². The number of ether oxygens (including phenoxy) is 1. The highest BCUT2D eigenvalue weighted by Crippen LogP contribution is 2.30. The monoisotopic (exact) mass is 362 g/mol. The lowest BCUT2D eigenvalue weighted by Gasteiger charge is -2.11. The number of hydrogen-bond acceptors (Lipinski definition) is 4. The fourth-order valence-electron chi connectivity index (χ4n) is 2.66. The van der Waals surface area contributed by atoms with Crippen LogP contribution >= 0.6 is 0 Å². The minimum absolute atomic E-state index is 0.0488. The number of para-hydroxylation sites is 1. The Hall–Kier alpha value is -3.92. The second kappa shape index (κ2) is 6.77. The van der Waals surface area contributed by atoms with Crippen LogP contribution in [0.15, 0.2) is 60.8 Å². The van der Waals surface area contributed by atoms with Crippen LogP contribution in [0.25, 0.3) is 10.9 Å². The number of H-pyrrole nitrogens is 1. The fraction of sp³-hybridized carbons (Fsp3) is 0. The third-order valence-electron chi connectivity index (χ3n) is 3.88. The van der Waals surface area contributed by atoms with Gasteiger partial charge in [-0.05, 0) is 35.7 Å². The normalized spacial score (nSPS) is 10.6. The van der Waals surface area contributed by atoms with Crippen molar-refractivity contribution in [2.75, 3.05) is 5.32 Å². The number of hydrogen-bond donors (Lipinski definition) is 2. The maximum absolute atomic E-state index is 13.8. The van der Waals surface area contributed by atoms with Gasteiger partial charge in [0.2, 0.25) is 0 Å². The molecule has 2 heterocycles. The summed E-state index contributed by atoms with van der Waals surface area (Å²) in [5.74, 6) is -1.80. The van der Waals surface area contributed by atoms with Crippen LogP contribution in [-0.2, 0) is 0 Å². The van der Waals surface area contributed by atoms with Gasteiger partial charge in [0.15, 0.2) is 17.4 Å². The zero-order valence-corrected chi connectivity index (χ0v) is 13.8. The average molecular weight is 362 g/mol. The molecule has 0 fully saturated rings. The number of nitrogens with zero attached hydrogens (tertiary/aromatic N) is 2. The van der Waals surface area contributed by atoms with Crippen LogP contribution < -0.4 is 10.1 Å². The van der Waals surface area contributed by atoms with E-state index in [4.69, 9.17) is 4.74 Å². The molecule has 0 atom stereocenters. The van der Waals surface area contributed by atoms with Crippen LogP contribution in [0.1, 0.15) is 5.69 Å². The first-order valence-corrected chi connectivity index (χ1v) is 8.00. The zero-order chi connectivity index (χ0) is 18.8. The lowest BCUT2D eigenvalue weighted by Crippen LogP contribution is -1.98. The molecule has 27 heavy (non-hydrogen) atoms. The van der Waals surface area contributed by atoms with Crippen LogP contribution in [0.2, 0.25) is 0 Å². The van der Waals surface area contributed by atoms with Crippen LogP contribution in [-0.4, -0.2) is 9.97 Å². The SMILES string of the molecule is N#Cc1cc(Oc2c(F)cccc2F)cc(Nc2ccc3cc[nH]c3c2)n1. The van der Waals surface area contributed by atoms with Gasteiger partial charge in [-0.25, -0.2) is 13.8 Å². The molecule has 0 saturated heterocycles. The quantitative estimate of drug-likeness (QED) is 0.520. The zero-order valence-electron chi connectivity index (χ0n) is 13.8. The van der Waals surface area contributed by atoms with E-state index >= 15 is 0 Å². The molecule has 2 aromatic heterocycles. The van der Waals surface area contributed by atoms with Gasteiger partial charge in [0.1, 0.15) is 23.3 Å². The van der Waals surface area contributed by atoms with Crippen molar-refractivity contribution in [2.24, 2.45) is 0 Å². The van der Waals surface area contributed by atoms with E-state index in [-0.39, 0.29) is 11.4 Å². The first-order chi connectivity index (χ1) is 13.1. The number of aromatic amines is 1. The van der Waals surface area contributed by atoms with E-state index in [0.717, 1.165) is 28.7 Å². The molecule has 0 aliphatic heterocycles. The average Bonchev–Trinajstić information content (AvgIpc) is 3.12. The van der Waals surface area contributed by atoms with E-state index in [1.165, 1.54) is 18.2 Å². The number of rotatable bonds is 4. The van der Waals surface area contributed by atoms with Crippen molar-refractivity contribution in [1.29, 1.82) is 5.26 Å². The summed E-state index contributed by atoms with van der Waals surface area (Å²) in [6, 6.07) is 15.7. The highest BCUT2D eigenvalue weighted by atomic mass is 19.1. The molecular formula is C20H12F2N4O. The third kappa shape index (κ3) is 3.41. The molecule has 2 aromatic carbocycles. The Morgan fingerprint density at radius 3 is 2.63 bits per heavy atom. The van der Waals surface area contributed by atoms with Gasteiger partial charge < -0.3 is 15.0 Å². The molecule has 4 aromatic rings. The summed E-state index contributed by atoms with van der Waals surface area (Å²) in [5.41, 5.74) is 1.71. The predicted molar refractivity (Wildman–Crippen MR) is 97.0 cm³/mol. The minimum atomic E-state index is -0.836. The first-order valence-electron chi connectivity index (χ1n) is 8.00. The number of halogens is 2. The minimum Gasteiger partial charge on any atom is -0.451 e. The molecule has 132 valence electrons. The Morgan fingerprint density at radius 1 is 1.04 bits per heavy atom. The molecule has 4 rings (SSSR count). The predicted octanol–water partition coefficient (Wildman–Crippen LogP) is 5.25. The molecule has 0 amide bonds. The third-order valence-corrected chi connectivity index (χ3v) is 3.88. The van der Waals surface area contributed by atoms with Crippen molar-refractivity contribution in [3.05, 3.63) is 78.1 Å². The molecule has 7 heteroatoms. The molecule has 0 aliphatic carbocycles. The summed E-state index contributed by atoms with van der Waals surface area (Å²) in [4.78, 5) is 7.26. The summed E-state index contributed by atoms with van der Waals surface area (Å²) in [6.07, 6.45) is 1.83. The summed E-state index contributed by atoms with van der Waals surface area (Å²) in [6.45, 7) is 0. The van der Waals surface area contributed by atoms with E-state index in [9.17, 15) is 14.0 Å². The van der Waals surface area contributed by atoms with Gasteiger partial charge in [-0.2, -0.15) is 5.26 Å². The van der Waals surface area contributed by atoms with Crippen LogP contribution in [0.4, 0.5) is 20.3 Å². The summed E-state index contributed by atoms with van der Waals surface area (Å²) < 4.78 is 33.0. The van der Waals surface area contributed by atoms with Crippen molar-refractivity contribution in [1.82, 2.24) is 9.97 Å². The summed E-state index contributed by atoms with van der Waals surface area (Å²) in [5, 5.41) is 13.3. The molecule has 0 aliphatic rings. The molecule has 0 saturated carbocycles. The van der Waals surface area contributed by atoms with Crippen LogP contribution in [0.3, 0.4) is 0 Å². The Kier molecular flexibility index (Phi) is 4.15. The van der Waals surface area contributed by atoms with Gasteiger partial charge in [0, 0.05) is 29.5 Å². The van der Waals surface area contributed by atoms with Crippen molar-refractivity contribution in [3.63, 3.8) is 0 Å². The molecular weight excluding hydrogens is 350 g/mol. The number of benzene rings is 2. The number of pyridine rings is 1. The lowest BCUT2D eigenvalue weighted by atomic mass is 10.2. The molecule has 0 unspecified atom stereocenters. The van der Waals surface area contributed by atoms with Crippen molar-refractivity contribution < 1.29 is 13.5 Å². The Balaban J connectivity index is 1.67. The van der Waals surface area contributed by atoms with Gasteiger partial charge in [-0.3, -0.25) is 0 Å². The number of anilines is 2. The number of aromatic nitrogens is 2. The van der Waals surface area contributed by atoms with Gasteiger partial charge in [0.05, 0.1) is 0 Å². The highest BCUT2D eigenvalue weighted by molar-refractivity contribution is 5.83. The van der Waals surface area contributed by atoms with Gasteiger partial charge in [-0.15, -0.1) is 0 Å². The van der Waals surface area contributed by atoms with Crippen molar-refractivity contribution in [2.45, 2.75) is 0 Å². The number of nitriles is 1. The topological polar surface area (TPSA) is 73.7 Å². The molecule has 0 radical (unpaired) electrons. The molecule has 0 spiro atoms. The van der Waals surface area contributed by atoms with E-state index in [2.05, 4.69) is 15.3 Å². The number of nitrogens with one attached hydrogen (secondary N) is 2. The summed E-state index contributed by atoms with van der Waals surface area (Å²) in [7, 11) is 0. The van der Waals surface area contributed by atoms with Crippen LogP contribution in [0.5, 0.6) is 11.5 Å². The maximum Gasteiger partial charge on any atom is 0.198 e. The lowest BCUT2D eigenvalue weighted by molar-refractivity contribution is 0.407. The summed E-state index contributed by atoms with van der Waals surface area (Å²) >= 11 is 0. The Morgan fingerprint density at radius 2 is 1.85 bits per heavy atom. The van der Waals surface area contributed by atoms with Gasteiger partial charge in [0.25, 0.3) is 0 Å². The fourth-order valence-corrected chi connectivity index (χ4v) is 2.66. The maximum atomic E-state index is 13.8. The smallest absolute Gasteiger partial charge is 0.198 e. The molecule has 5 nitrogen and oxygen atoms in total. The van der Waals surface area contributed by atoms with Gasteiger partial charge >= 0.3 is 0 Å². The molecule has 2 N–H and O–H groups in total. The second-order valence-electron chi connectivity index (χ2n) is 5.74. The standard InChI is InChI=1S/C20H12F2N4O/c21-16-2-1-3-17(22)20(16)27-15-8-14(11-23)26-19(10-15)25-13-5-4-12-6-7-24-18(12)9-13/h1-10,24H,(H,25,26). The second-order valence-corrected chi connectivity index (χ2v) is 5.74. The largest absolute Gasteiger partial charge is 0.451 e. The number of fused-ring (bicyclic) bond motifs is 1. The van der Waals surface area contributed by atoms with E-state index < -0.39 is 17.4 Å². The van der Waals surface area contributed by atoms with E-state index in [1.54, 1.807) is 0 Å². The van der Waals surface area contributed by atoms with E-state index in [0.29, 0.717) is 5.82 Å². The van der Waals surface area contributed by atoms with Crippen LogP contribution in [0, 0.1) is 23.0 Å². The van der Waals surface area contributed by atoms with E-state index in [1.807, 2.05) is 36.5 Å². The van der Waals surface area contributed by atoms with Crippen molar-refractivity contribution in [3.8, 4) is 17.6 Å². The Bertz CT molecular complexity index is 1160. The first kappa shape index (κ1) is 16.5.